The van der Waals surface area contributed by atoms with Crippen LogP contribution in [-0.2, 0) is 25.6 Å². The van der Waals surface area contributed by atoms with Gasteiger partial charge in [-0.1, -0.05) is 0 Å². The van der Waals surface area contributed by atoms with Crippen LogP contribution < -0.4 is 11.2 Å². The zero-order valence-electron chi connectivity index (χ0n) is 12.2. The maximum Gasteiger partial charge on any atom is 0.332 e. The average molecular weight is 281 g/mol. The van der Waals surface area contributed by atoms with Crippen LogP contribution in [0.1, 0.15) is 0 Å². The Balaban J connectivity index is 2.33. The molecule has 0 saturated carbocycles. The van der Waals surface area contributed by atoms with Gasteiger partial charge in [0.25, 0.3) is 5.56 Å². The Labute approximate surface area is 115 Å². The molecule has 0 saturated heterocycles. The highest BCUT2D eigenvalue weighted by atomic mass is 16.5. The molecule has 8 nitrogen and oxygen atoms in total. The van der Waals surface area contributed by atoms with Crippen molar-refractivity contribution >= 4 is 11.2 Å². The molecule has 0 fully saturated rings. The van der Waals surface area contributed by atoms with E-state index in [-0.39, 0.29) is 18.0 Å². The molecule has 0 aliphatic rings. The number of ether oxygens (including phenoxy) is 1. The standard InChI is InChI=1S/C12H19N5O3/c1-14(2)5-6-20-8-17-7-13-10-9(17)11(18)16(4)12(19)15(10)3/h7H,5-6,8H2,1-4H3. The average Bonchev–Trinajstić information content (AvgIpc) is 2.82. The summed E-state index contributed by atoms with van der Waals surface area (Å²) in [6.45, 7) is 1.58. The van der Waals surface area contributed by atoms with E-state index in [0.29, 0.717) is 17.8 Å². The number of nitrogens with zero attached hydrogens (tertiary/aromatic N) is 5. The first kappa shape index (κ1) is 14.5. The number of fused-ring (bicyclic) bond motifs is 1. The molecule has 2 aromatic rings. The van der Waals surface area contributed by atoms with Crippen molar-refractivity contribution in [2.24, 2.45) is 14.1 Å². The van der Waals surface area contributed by atoms with E-state index >= 15 is 0 Å². The molecule has 0 aromatic carbocycles. The molecule has 2 aromatic heterocycles. The lowest BCUT2D eigenvalue weighted by molar-refractivity contribution is 0.0682. The number of likely N-dealkylation sites (N-methyl/N-ethyl adjacent to an activating group) is 1. The monoisotopic (exact) mass is 281 g/mol. The fraction of sp³-hybridized carbons (Fsp3) is 0.583. The van der Waals surface area contributed by atoms with E-state index in [0.717, 1.165) is 11.1 Å². The van der Waals surface area contributed by atoms with Gasteiger partial charge in [-0.05, 0) is 14.1 Å². The number of hydrogen-bond acceptors (Lipinski definition) is 5. The Bertz CT molecular complexity index is 725. The van der Waals surface area contributed by atoms with Crippen LogP contribution >= 0.6 is 0 Å². The lowest BCUT2D eigenvalue weighted by Crippen LogP contribution is -2.37. The second-order valence-electron chi connectivity index (χ2n) is 4.93. The van der Waals surface area contributed by atoms with Crippen LogP contribution in [0.15, 0.2) is 15.9 Å². The van der Waals surface area contributed by atoms with Gasteiger partial charge in [0, 0.05) is 20.6 Å². The minimum Gasteiger partial charge on any atom is -0.359 e. The molecule has 0 amide bonds. The van der Waals surface area contributed by atoms with Crippen LogP contribution in [0.25, 0.3) is 11.2 Å². The molecule has 0 radical (unpaired) electrons. The van der Waals surface area contributed by atoms with Crippen LogP contribution in [0.3, 0.4) is 0 Å². The van der Waals surface area contributed by atoms with E-state index < -0.39 is 0 Å². The lowest BCUT2D eigenvalue weighted by atomic mass is 10.5. The number of imidazole rings is 1. The summed E-state index contributed by atoms with van der Waals surface area (Å²) in [7, 11) is 6.96. The van der Waals surface area contributed by atoms with Gasteiger partial charge >= 0.3 is 5.69 Å². The summed E-state index contributed by atoms with van der Waals surface area (Å²) in [5.74, 6) is 0. The summed E-state index contributed by atoms with van der Waals surface area (Å²) < 4.78 is 9.55. The topological polar surface area (TPSA) is 74.3 Å². The second-order valence-corrected chi connectivity index (χ2v) is 4.93. The van der Waals surface area contributed by atoms with Gasteiger partial charge in [0.05, 0.1) is 12.9 Å². The molecule has 0 aliphatic heterocycles. The first-order valence-corrected chi connectivity index (χ1v) is 6.26. The van der Waals surface area contributed by atoms with Gasteiger partial charge < -0.3 is 14.2 Å². The maximum absolute atomic E-state index is 12.1. The van der Waals surface area contributed by atoms with Crippen molar-refractivity contribution in [1.29, 1.82) is 0 Å². The third-order valence-electron chi connectivity index (χ3n) is 3.13. The van der Waals surface area contributed by atoms with E-state index in [2.05, 4.69) is 4.98 Å². The van der Waals surface area contributed by atoms with Crippen molar-refractivity contribution in [1.82, 2.24) is 23.6 Å². The van der Waals surface area contributed by atoms with Gasteiger partial charge in [0.15, 0.2) is 11.2 Å². The minimum atomic E-state index is -0.388. The molecule has 0 unspecified atom stereocenters. The van der Waals surface area contributed by atoms with Crippen molar-refractivity contribution in [2.75, 3.05) is 27.2 Å². The molecule has 20 heavy (non-hydrogen) atoms. The fourth-order valence-corrected chi connectivity index (χ4v) is 1.90. The molecule has 0 atom stereocenters. The summed E-state index contributed by atoms with van der Waals surface area (Å²) in [6, 6.07) is 0. The molecule has 2 rings (SSSR count). The van der Waals surface area contributed by atoms with Crippen molar-refractivity contribution < 1.29 is 4.74 Å². The van der Waals surface area contributed by atoms with Crippen LogP contribution in [0, 0.1) is 0 Å². The number of hydrogen-bond donors (Lipinski definition) is 0. The third-order valence-corrected chi connectivity index (χ3v) is 3.13. The van der Waals surface area contributed by atoms with Crippen molar-refractivity contribution in [3.05, 3.63) is 27.2 Å². The Morgan fingerprint density at radius 1 is 1.25 bits per heavy atom. The van der Waals surface area contributed by atoms with E-state index in [1.807, 2.05) is 19.0 Å². The van der Waals surface area contributed by atoms with E-state index in [9.17, 15) is 9.59 Å². The summed E-state index contributed by atoms with van der Waals surface area (Å²) >= 11 is 0. The van der Waals surface area contributed by atoms with Crippen LogP contribution in [-0.4, -0.2) is 50.8 Å². The molecule has 2 heterocycles. The first-order chi connectivity index (χ1) is 9.43. The highest BCUT2D eigenvalue weighted by Gasteiger charge is 2.13. The zero-order chi connectivity index (χ0) is 14.9. The summed E-state index contributed by atoms with van der Waals surface area (Å²) in [6.07, 6.45) is 1.52. The van der Waals surface area contributed by atoms with Crippen molar-refractivity contribution in [3.8, 4) is 0 Å². The number of aryl methyl sites for hydroxylation is 1. The van der Waals surface area contributed by atoms with Crippen LogP contribution in [0.5, 0.6) is 0 Å². The quantitative estimate of drug-likeness (QED) is 0.655. The highest BCUT2D eigenvalue weighted by molar-refractivity contribution is 5.69. The molecule has 110 valence electrons. The minimum absolute atomic E-state index is 0.234. The SMILES string of the molecule is CN(C)CCOCn1cnc2c1c(=O)n(C)c(=O)n2C. The molecule has 0 N–H and O–H groups in total. The summed E-state index contributed by atoms with van der Waals surface area (Å²) in [4.78, 5) is 30.1. The Kier molecular flexibility index (Phi) is 4.05. The van der Waals surface area contributed by atoms with E-state index in [1.54, 1.807) is 11.6 Å². The Morgan fingerprint density at radius 3 is 2.60 bits per heavy atom. The summed E-state index contributed by atoms with van der Waals surface area (Å²) in [5, 5.41) is 0. The van der Waals surface area contributed by atoms with Gasteiger partial charge in [-0.25, -0.2) is 9.78 Å². The molecule has 0 spiro atoms. The van der Waals surface area contributed by atoms with Crippen LogP contribution in [0.2, 0.25) is 0 Å². The molecular weight excluding hydrogens is 262 g/mol. The highest BCUT2D eigenvalue weighted by Crippen LogP contribution is 2.05. The van der Waals surface area contributed by atoms with Crippen molar-refractivity contribution in [2.45, 2.75) is 6.73 Å². The van der Waals surface area contributed by atoms with Gasteiger partial charge in [0.2, 0.25) is 0 Å². The first-order valence-electron chi connectivity index (χ1n) is 6.26. The van der Waals surface area contributed by atoms with Gasteiger partial charge in [0.1, 0.15) is 6.73 Å². The van der Waals surface area contributed by atoms with Crippen LogP contribution in [0.4, 0.5) is 0 Å². The fourth-order valence-electron chi connectivity index (χ4n) is 1.90. The summed E-state index contributed by atoms with van der Waals surface area (Å²) in [5.41, 5.74) is -0.00755. The smallest absolute Gasteiger partial charge is 0.332 e. The third kappa shape index (κ3) is 2.52. The molecule has 0 bridgehead atoms. The van der Waals surface area contributed by atoms with Gasteiger partial charge in [-0.2, -0.15) is 0 Å². The Morgan fingerprint density at radius 2 is 1.95 bits per heavy atom. The molecular formula is C12H19N5O3. The van der Waals surface area contributed by atoms with E-state index in [1.165, 1.54) is 17.9 Å². The Hall–Kier alpha value is -1.93. The zero-order valence-corrected chi connectivity index (χ0v) is 12.2. The van der Waals surface area contributed by atoms with E-state index in [4.69, 9.17) is 4.74 Å². The normalized spacial score (nSPS) is 11.7. The largest absolute Gasteiger partial charge is 0.359 e. The predicted molar refractivity (Wildman–Crippen MR) is 74.7 cm³/mol. The second kappa shape index (κ2) is 5.59. The lowest BCUT2D eigenvalue weighted by Gasteiger charge is -2.10. The number of aromatic nitrogens is 4. The maximum atomic E-state index is 12.1. The number of rotatable bonds is 5. The van der Waals surface area contributed by atoms with Crippen molar-refractivity contribution in [3.63, 3.8) is 0 Å². The molecule has 0 aliphatic carbocycles. The molecule has 8 heteroatoms. The predicted octanol–water partition coefficient (Wildman–Crippen LogP) is -1.03. The van der Waals surface area contributed by atoms with Gasteiger partial charge in [-0.15, -0.1) is 0 Å². The van der Waals surface area contributed by atoms with Gasteiger partial charge in [-0.3, -0.25) is 13.9 Å².